The Hall–Kier alpha value is -1.55. The highest BCUT2D eigenvalue weighted by Crippen LogP contribution is 2.31. The van der Waals surface area contributed by atoms with Crippen molar-refractivity contribution in [1.82, 2.24) is 4.90 Å². The lowest BCUT2D eigenvalue weighted by Gasteiger charge is -2.14. The van der Waals surface area contributed by atoms with E-state index in [2.05, 4.69) is 47.3 Å². The molecule has 1 atom stereocenters. The van der Waals surface area contributed by atoms with Crippen LogP contribution in [0.5, 0.6) is 0 Å². The monoisotopic (exact) mass is 286 g/mol. The van der Waals surface area contributed by atoms with Crippen molar-refractivity contribution >= 4 is 11.6 Å². The number of aryl methyl sites for hydroxylation is 2. The molecule has 0 aromatic heterocycles. The molecular formula is C17H26N4. The van der Waals surface area contributed by atoms with Crippen LogP contribution in [0.25, 0.3) is 0 Å². The van der Waals surface area contributed by atoms with E-state index in [-0.39, 0.29) is 0 Å². The molecule has 1 saturated carbocycles. The first-order valence-corrected chi connectivity index (χ1v) is 8.00. The highest BCUT2D eigenvalue weighted by molar-refractivity contribution is 5.92. The van der Waals surface area contributed by atoms with Crippen LogP contribution in [0.2, 0.25) is 0 Å². The molecule has 1 unspecified atom stereocenters. The SMILES string of the molecule is Cc1ccc(NC(N)=NCC2CCN(C3CC3)C2)cc1C. The Morgan fingerprint density at radius 1 is 1.29 bits per heavy atom. The summed E-state index contributed by atoms with van der Waals surface area (Å²) in [6.07, 6.45) is 4.05. The van der Waals surface area contributed by atoms with Crippen LogP contribution in [0.4, 0.5) is 5.69 Å². The number of nitrogens with two attached hydrogens (primary N) is 1. The summed E-state index contributed by atoms with van der Waals surface area (Å²) >= 11 is 0. The topological polar surface area (TPSA) is 53.6 Å². The summed E-state index contributed by atoms with van der Waals surface area (Å²) in [7, 11) is 0. The van der Waals surface area contributed by atoms with Gasteiger partial charge >= 0.3 is 0 Å². The number of likely N-dealkylation sites (tertiary alicyclic amines) is 1. The first-order valence-electron chi connectivity index (χ1n) is 8.00. The number of guanidine groups is 1. The van der Waals surface area contributed by atoms with Crippen molar-refractivity contribution in [2.24, 2.45) is 16.6 Å². The van der Waals surface area contributed by atoms with E-state index in [1.165, 1.54) is 43.5 Å². The summed E-state index contributed by atoms with van der Waals surface area (Å²) in [6.45, 7) is 7.51. The largest absolute Gasteiger partial charge is 0.370 e. The van der Waals surface area contributed by atoms with Crippen molar-refractivity contribution in [3.8, 4) is 0 Å². The summed E-state index contributed by atoms with van der Waals surface area (Å²) < 4.78 is 0. The summed E-state index contributed by atoms with van der Waals surface area (Å²) in [5.74, 6) is 1.20. The molecule has 1 aliphatic heterocycles. The van der Waals surface area contributed by atoms with Gasteiger partial charge in [0.05, 0.1) is 0 Å². The maximum absolute atomic E-state index is 6.00. The van der Waals surface area contributed by atoms with Gasteiger partial charge in [-0.2, -0.15) is 0 Å². The zero-order valence-corrected chi connectivity index (χ0v) is 13.1. The Bertz CT molecular complexity index is 534. The van der Waals surface area contributed by atoms with Gasteiger partial charge in [-0.25, -0.2) is 0 Å². The quantitative estimate of drug-likeness (QED) is 0.660. The fourth-order valence-electron chi connectivity index (χ4n) is 3.02. The number of hydrogen-bond acceptors (Lipinski definition) is 2. The first-order chi connectivity index (χ1) is 10.1. The van der Waals surface area contributed by atoms with E-state index in [0.717, 1.165) is 18.3 Å². The second-order valence-electron chi connectivity index (χ2n) is 6.53. The Morgan fingerprint density at radius 2 is 2.10 bits per heavy atom. The maximum atomic E-state index is 6.00. The average molecular weight is 286 g/mol. The van der Waals surface area contributed by atoms with E-state index >= 15 is 0 Å². The number of benzene rings is 1. The van der Waals surface area contributed by atoms with Crippen molar-refractivity contribution in [2.75, 3.05) is 25.0 Å². The highest BCUT2D eigenvalue weighted by atomic mass is 15.2. The highest BCUT2D eigenvalue weighted by Gasteiger charge is 2.34. The zero-order chi connectivity index (χ0) is 14.8. The molecule has 4 nitrogen and oxygen atoms in total. The van der Waals surface area contributed by atoms with E-state index in [0.29, 0.717) is 11.9 Å². The molecule has 21 heavy (non-hydrogen) atoms. The lowest BCUT2D eigenvalue weighted by molar-refractivity contribution is 0.315. The van der Waals surface area contributed by atoms with Gasteiger partial charge in [-0.1, -0.05) is 6.07 Å². The van der Waals surface area contributed by atoms with Gasteiger partial charge in [0.1, 0.15) is 0 Å². The average Bonchev–Trinajstić information content (AvgIpc) is 3.20. The summed E-state index contributed by atoms with van der Waals surface area (Å²) in [5, 5.41) is 3.19. The Labute approximate surface area is 127 Å². The second-order valence-corrected chi connectivity index (χ2v) is 6.53. The minimum Gasteiger partial charge on any atom is -0.370 e. The summed E-state index contributed by atoms with van der Waals surface area (Å²) in [6, 6.07) is 7.15. The molecule has 1 aliphatic carbocycles. The standard InChI is InChI=1S/C17H26N4/c1-12-3-4-15(9-13(12)2)20-17(18)19-10-14-7-8-21(11-14)16-5-6-16/h3-4,9,14,16H,5-8,10-11H2,1-2H3,(H3,18,19,20). The fraction of sp³-hybridized carbons (Fsp3) is 0.588. The predicted octanol–water partition coefficient (Wildman–Crippen LogP) is 2.51. The molecule has 1 aromatic carbocycles. The van der Waals surface area contributed by atoms with Crippen molar-refractivity contribution in [1.29, 1.82) is 0 Å². The lowest BCUT2D eigenvalue weighted by Crippen LogP contribution is -2.25. The number of nitrogens with zero attached hydrogens (tertiary/aromatic N) is 2. The van der Waals surface area contributed by atoms with Crippen LogP contribution in [0, 0.1) is 19.8 Å². The molecule has 0 bridgehead atoms. The van der Waals surface area contributed by atoms with Crippen molar-refractivity contribution < 1.29 is 0 Å². The van der Waals surface area contributed by atoms with Crippen molar-refractivity contribution in [3.63, 3.8) is 0 Å². The van der Waals surface area contributed by atoms with Gasteiger partial charge in [-0.3, -0.25) is 4.99 Å². The van der Waals surface area contributed by atoms with Gasteiger partial charge in [0.25, 0.3) is 0 Å². The van der Waals surface area contributed by atoms with Gasteiger partial charge < -0.3 is 16.0 Å². The molecule has 1 aromatic rings. The Balaban J connectivity index is 1.50. The van der Waals surface area contributed by atoms with Gasteiger partial charge in [-0.15, -0.1) is 0 Å². The van der Waals surface area contributed by atoms with E-state index in [9.17, 15) is 0 Å². The molecule has 4 heteroatoms. The summed E-state index contributed by atoms with van der Waals surface area (Å²) in [5.41, 5.74) is 9.58. The first kappa shape index (κ1) is 14.4. The fourth-order valence-corrected chi connectivity index (χ4v) is 3.02. The van der Waals surface area contributed by atoms with Gasteiger partial charge in [0.2, 0.25) is 0 Å². The molecule has 0 amide bonds. The van der Waals surface area contributed by atoms with E-state index in [1.54, 1.807) is 0 Å². The van der Waals surface area contributed by atoms with E-state index < -0.39 is 0 Å². The van der Waals surface area contributed by atoms with Crippen molar-refractivity contribution in [3.05, 3.63) is 29.3 Å². The Morgan fingerprint density at radius 3 is 2.81 bits per heavy atom. The normalized spacial score (nSPS) is 23.5. The van der Waals surface area contributed by atoms with Gasteiger partial charge in [0.15, 0.2) is 5.96 Å². The molecule has 3 rings (SSSR count). The van der Waals surface area contributed by atoms with Crippen LogP contribution in [0.3, 0.4) is 0 Å². The van der Waals surface area contributed by atoms with Crippen LogP contribution in [-0.2, 0) is 0 Å². The molecule has 2 aliphatic rings. The third-order valence-corrected chi connectivity index (χ3v) is 4.68. The van der Waals surface area contributed by atoms with E-state index in [1.807, 2.05) is 0 Å². The van der Waals surface area contributed by atoms with Crippen LogP contribution in [-0.4, -0.2) is 36.5 Å². The van der Waals surface area contributed by atoms with Crippen LogP contribution >= 0.6 is 0 Å². The number of nitrogens with one attached hydrogen (secondary N) is 1. The number of rotatable bonds is 4. The molecule has 1 heterocycles. The lowest BCUT2D eigenvalue weighted by atomic mass is 10.1. The number of aliphatic imine (C=N–C) groups is 1. The summed E-state index contributed by atoms with van der Waals surface area (Å²) in [4.78, 5) is 7.14. The van der Waals surface area contributed by atoms with Gasteiger partial charge in [-0.05, 0) is 68.8 Å². The second kappa shape index (κ2) is 6.06. The molecule has 114 valence electrons. The predicted molar refractivity (Wildman–Crippen MR) is 88.7 cm³/mol. The van der Waals surface area contributed by atoms with E-state index in [4.69, 9.17) is 5.73 Å². The third kappa shape index (κ3) is 3.76. The van der Waals surface area contributed by atoms with Crippen LogP contribution < -0.4 is 11.1 Å². The van der Waals surface area contributed by atoms with Crippen molar-refractivity contribution in [2.45, 2.75) is 39.2 Å². The van der Waals surface area contributed by atoms with Gasteiger partial charge in [0, 0.05) is 24.8 Å². The molecular weight excluding hydrogens is 260 g/mol. The minimum atomic E-state index is 0.531. The van der Waals surface area contributed by atoms with Crippen LogP contribution in [0.15, 0.2) is 23.2 Å². The zero-order valence-electron chi connectivity index (χ0n) is 13.1. The maximum Gasteiger partial charge on any atom is 0.193 e. The smallest absolute Gasteiger partial charge is 0.193 e. The minimum absolute atomic E-state index is 0.531. The molecule has 0 spiro atoms. The number of hydrogen-bond donors (Lipinski definition) is 2. The molecule has 3 N–H and O–H groups in total. The number of anilines is 1. The third-order valence-electron chi connectivity index (χ3n) is 4.68. The van der Waals surface area contributed by atoms with Crippen LogP contribution in [0.1, 0.15) is 30.4 Å². The molecule has 0 radical (unpaired) electrons. The molecule has 1 saturated heterocycles. The molecule has 2 fully saturated rings. The Kier molecular flexibility index (Phi) is 4.15.